The molecule has 5 N–H and O–H groups in total. The zero-order valence-corrected chi connectivity index (χ0v) is 24.0. The summed E-state index contributed by atoms with van der Waals surface area (Å²) in [7, 11) is 1.24. The number of hydrogen-bond donors (Lipinski definition) is 5. The number of benzene rings is 1. The van der Waals surface area contributed by atoms with Crippen molar-refractivity contribution in [3.63, 3.8) is 0 Å². The first-order valence-corrected chi connectivity index (χ1v) is 13.8. The molecule has 0 spiro atoms. The van der Waals surface area contributed by atoms with Crippen molar-refractivity contribution < 1.29 is 28.7 Å². The molecule has 0 fully saturated rings. The van der Waals surface area contributed by atoms with Crippen molar-refractivity contribution >= 4 is 29.7 Å². The third kappa shape index (κ3) is 10.7. The summed E-state index contributed by atoms with van der Waals surface area (Å²) < 4.78 is 4.76. The van der Waals surface area contributed by atoms with E-state index in [4.69, 9.17) is 4.74 Å². The molecule has 0 aliphatic carbocycles. The van der Waals surface area contributed by atoms with Crippen LogP contribution in [0.3, 0.4) is 0 Å². The molecule has 0 bridgehead atoms. The minimum absolute atomic E-state index is 0.228. The van der Waals surface area contributed by atoms with Crippen molar-refractivity contribution in [3.05, 3.63) is 48.0 Å². The molecule has 2 rings (SSSR count). The van der Waals surface area contributed by atoms with Gasteiger partial charge in [0.25, 0.3) is 0 Å². The minimum Gasteiger partial charge on any atom is -0.467 e. The van der Waals surface area contributed by atoms with Crippen LogP contribution in [0, 0.1) is 11.8 Å². The SMILES string of the molecule is COC(=O)[C@@H](NC(=O)N[C@H](C(=O)N[C@H]1CCCCNC(=O)/C=C/[C@H](Cc2ccccc2)NC1=O)C(C)C)C(C)C. The van der Waals surface area contributed by atoms with Gasteiger partial charge >= 0.3 is 12.0 Å². The van der Waals surface area contributed by atoms with E-state index in [1.54, 1.807) is 33.8 Å². The standard InChI is InChI=1S/C29H43N5O6/c1-18(2)24(33-29(39)34-25(19(3)4)28(38)40-5)27(37)32-22-13-9-10-16-30-23(35)15-14-21(31-26(22)36)17-20-11-7-6-8-12-20/h6-8,11-12,14-15,18-19,21-22,24-25H,9-10,13,16-17H2,1-5H3,(H,30,35)(H,31,36)(H,32,37)(H2,33,34,39)/b15-14+/t21-,22+,24+,25+/m1/s1. The second kappa shape index (κ2) is 16.3. The zero-order valence-electron chi connectivity index (χ0n) is 24.0. The van der Waals surface area contributed by atoms with Crippen LogP contribution in [0.4, 0.5) is 4.79 Å². The topological polar surface area (TPSA) is 155 Å². The number of urea groups is 1. The lowest BCUT2D eigenvalue weighted by Gasteiger charge is -2.27. The maximum atomic E-state index is 13.4. The van der Waals surface area contributed by atoms with Gasteiger partial charge in [-0.25, -0.2) is 9.59 Å². The highest BCUT2D eigenvalue weighted by molar-refractivity contribution is 5.93. The van der Waals surface area contributed by atoms with Gasteiger partial charge in [-0.1, -0.05) is 64.1 Å². The van der Waals surface area contributed by atoms with Crippen LogP contribution in [0.15, 0.2) is 42.5 Å². The lowest BCUT2D eigenvalue weighted by Crippen LogP contribution is -2.59. The number of carbonyl (C=O) groups excluding carboxylic acids is 5. The van der Waals surface area contributed by atoms with Gasteiger partial charge in [-0.3, -0.25) is 14.4 Å². The van der Waals surface area contributed by atoms with Crippen molar-refractivity contribution in [2.75, 3.05) is 13.7 Å². The Labute approximate surface area is 236 Å². The van der Waals surface area contributed by atoms with E-state index in [0.29, 0.717) is 32.2 Å². The first-order valence-electron chi connectivity index (χ1n) is 13.8. The van der Waals surface area contributed by atoms with Crippen molar-refractivity contribution in [1.29, 1.82) is 0 Å². The van der Waals surface area contributed by atoms with E-state index in [-0.39, 0.29) is 23.7 Å². The summed E-state index contributed by atoms with van der Waals surface area (Å²) in [6.45, 7) is 7.53. The van der Waals surface area contributed by atoms with Crippen molar-refractivity contribution in [3.8, 4) is 0 Å². The predicted molar refractivity (Wildman–Crippen MR) is 151 cm³/mol. The molecule has 0 unspecified atom stereocenters. The molecule has 0 saturated heterocycles. The molecule has 5 amide bonds. The summed E-state index contributed by atoms with van der Waals surface area (Å²) >= 11 is 0. The smallest absolute Gasteiger partial charge is 0.328 e. The van der Waals surface area contributed by atoms with E-state index in [1.807, 2.05) is 30.3 Å². The third-order valence-corrected chi connectivity index (χ3v) is 6.60. The molecule has 1 aromatic carbocycles. The van der Waals surface area contributed by atoms with Gasteiger partial charge in [-0.05, 0) is 43.1 Å². The largest absolute Gasteiger partial charge is 0.467 e. The molecule has 1 aliphatic rings. The monoisotopic (exact) mass is 557 g/mol. The van der Waals surface area contributed by atoms with Crippen LogP contribution >= 0.6 is 0 Å². The number of carbonyl (C=O) groups is 5. The molecule has 11 nitrogen and oxygen atoms in total. The summed E-state index contributed by atoms with van der Waals surface area (Å²) in [5.41, 5.74) is 0.979. The number of hydrogen-bond acceptors (Lipinski definition) is 6. The van der Waals surface area contributed by atoms with Gasteiger partial charge in [0.2, 0.25) is 17.7 Å². The fourth-order valence-corrected chi connectivity index (χ4v) is 4.28. The van der Waals surface area contributed by atoms with Crippen LogP contribution in [-0.2, 0) is 30.3 Å². The molecule has 0 aromatic heterocycles. The van der Waals surface area contributed by atoms with Gasteiger partial charge in [0.05, 0.1) is 13.2 Å². The predicted octanol–water partition coefficient (Wildman–Crippen LogP) is 1.58. The van der Waals surface area contributed by atoms with Gasteiger partial charge in [0.1, 0.15) is 18.1 Å². The second-order valence-electron chi connectivity index (χ2n) is 10.6. The van der Waals surface area contributed by atoms with E-state index >= 15 is 0 Å². The number of esters is 1. The molecule has 0 radical (unpaired) electrons. The van der Waals surface area contributed by atoms with Gasteiger partial charge in [0.15, 0.2) is 0 Å². The maximum Gasteiger partial charge on any atom is 0.328 e. The number of nitrogens with one attached hydrogen (secondary N) is 5. The Morgan fingerprint density at radius 3 is 2.25 bits per heavy atom. The highest BCUT2D eigenvalue weighted by Crippen LogP contribution is 2.10. The van der Waals surface area contributed by atoms with Gasteiger partial charge in [0, 0.05) is 12.6 Å². The van der Waals surface area contributed by atoms with E-state index in [1.165, 1.54) is 13.2 Å². The van der Waals surface area contributed by atoms with Crippen molar-refractivity contribution in [1.82, 2.24) is 26.6 Å². The fraction of sp³-hybridized carbons (Fsp3) is 0.552. The summed E-state index contributed by atoms with van der Waals surface area (Å²) in [5.74, 6) is -2.24. The Morgan fingerprint density at radius 1 is 0.975 bits per heavy atom. The highest BCUT2D eigenvalue weighted by atomic mass is 16.5. The van der Waals surface area contributed by atoms with E-state index < -0.39 is 42.1 Å². The summed E-state index contributed by atoms with van der Waals surface area (Å²) in [4.78, 5) is 63.6. The molecule has 1 heterocycles. The first kappa shape index (κ1) is 32.3. The van der Waals surface area contributed by atoms with Crippen LogP contribution in [0.5, 0.6) is 0 Å². The van der Waals surface area contributed by atoms with Crippen LogP contribution < -0.4 is 26.6 Å². The van der Waals surface area contributed by atoms with Gasteiger partial charge in [-0.2, -0.15) is 0 Å². The fourth-order valence-electron chi connectivity index (χ4n) is 4.28. The average molecular weight is 558 g/mol. The Balaban J connectivity index is 2.16. The quantitative estimate of drug-likeness (QED) is 0.291. The lowest BCUT2D eigenvalue weighted by molar-refractivity contribution is -0.144. The Morgan fingerprint density at radius 2 is 1.62 bits per heavy atom. The second-order valence-corrected chi connectivity index (χ2v) is 10.6. The zero-order chi connectivity index (χ0) is 29.7. The minimum atomic E-state index is -0.959. The summed E-state index contributed by atoms with van der Waals surface area (Å²) in [6.07, 6.45) is 5.09. The molecule has 1 aromatic rings. The molecule has 0 saturated carbocycles. The normalized spacial score (nSPS) is 20.6. The summed E-state index contributed by atoms with van der Waals surface area (Å²) in [5, 5.41) is 13.8. The number of amides is 5. The van der Waals surface area contributed by atoms with E-state index in [0.717, 1.165) is 5.56 Å². The lowest BCUT2D eigenvalue weighted by atomic mass is 10.0. The molecular formula is C29H43N5O6. The molecule has 40 heavy (non-hydrogen) atoms. The maximum absolute atomic E-state index is 13.4. The van der Waals surface area contributed by atoms with Crippen molar-refractivity contribution in [2.24, 2.45) is 11.8 Å². The van der Waals surface area contributed by atoms with Crippen LogP contribution in [0.2, 0.25) is 0 Å². The Kier molecular flexibility index (Phi) is 13.1. The van der Waals surface area contributed by atoms with Crippen molar-refractivity contribution in [2.45, 2.75) is 77.5 Å². The first-order chi connectivity index (χ1) is 19.0. The number of ether oxygens (including phenoxy) is 1. The number of rotatable bonds is 9. The summed E-state index contributed by atoms with van der Waals surface area (Å²) in [6, 6.07) is 5.71. The molecule has 4 atom stereocenters. The molecule has 220 valence electrons. The molecule has 1 aliphatic heterocycles. The van der Waals surface area contributed by atoms with Crippen LogP contribution in [0.25, 0.3) is 0 Å². The van der Waals surface area contributed by atoms with E-state index in [9.17, 15) is 24.0 Å². The van der Waals surface area contributed by atoms with Gasteiger partial charge < -0.3 is 31.3 Å². The third-order valence-electron chi connectivity index (χ3n) is 6.60. The average Bonchev–Trinajstić information content (AvgIpc) is 2.91. The van der Waals surface area contributed by atoms with Crippen LogP contribution in [0.1, 0.15) is 52.5 Å². The van der Waals surface area contributed by atoms with Crippen LogP contribution in [-0.4, -0.2) is 67.5 Å². The Hall–Kier alpha value is -3.89. The van der Waals surface area contributed by atoms with E-state index in [2.05, 4.69) is 26.6 Å². The highest BCUT2D eigenvalue weighted by Gasteiger charge is 2.31. The number of methoxy groups -OCH3 is 1. The molecule has 11 heteroatoms. The molecular weight excluding hydrogens is 514 g/mol. The Bertz CT molecular complexity index is 1040. The van der Waals surface area contributed by atoms with Gasteiger partial charge in [-0.15, -0.1) is 0 Å².